The van der Waals surface area contributed by atoms with Gasteiger partial charge in [0.1, 0.15) is 0 Å². The Morgan fingerprint density at radius 1 is 0.872 bits per heavy atom. The molecule has 2 rings (SSSR count). The van der Waals surface area contributed by atoms with Crippen molar-refractivity contribution < 1.29 is 9.59 Å². The van der Waals surface area contributed by atoms with Crippen molar-refractivity contribution in [3.63, 3.8) is 0 Å². The lowest BCUT2D eigenvalue weighted by Gasteiger charge is -2.18. The first-order valence-electron chi connectivity index (χ1n) is 13.1. The zero-order chi connectivity index (χ0) is 28.9. The van der Waals surface area contributed by atoms with Crippen molar-refractivity contribution in [3.8, 4) is 0 Å². The molecule has 0 aliphatic rings. The molecule has 2 aromatic rings. The van der Waals surface area contributed by atoms with E-state index in [-0.39, 0.29) is 17.8 Å². The molecule has 3 amide bonds. The van der Waals surface area contributed by atoms with Gasteiger partial charge in [0.05, 0.1) is 0 Å². The van der Waals surface area contributed by atoms with E-state index in [4.69, 9.17) is 11.7 Å². The number of hydrogen-bond donors (Lipinski definition) is 5. The molecule has 0 spiro atoms. The smallest absolute Gasteiger partial charge is 0.319 e. The summed E-state index contributed by atoms with van der Waals surface area (Å²) >= 11 is 0. The fourth-order valence-corrected chi connectivity index (χ4v) is 4.00. The summed E-state index contributed by atoms with van der Waals surface area (Å²) in [6, 6.07) is 11.1. The minimum absolute atomic E-state index is 0.270. The van der Waals surface area contributed by atoms with Gasteiger partial charge in [-0.3, -0.25) is 9.80 Å². The lowest BCUT2D eigenvalue weighted by atomic mass is 10.1. The molecule has 0 aliphatic heterocycles. The third-order valence-electron chi connectivity index (χ3n) is 6.29. The van der Waals surface area contributed by atoms with Crippen molar-refractivity contribution in [3.05, 3.63) is 64.2 Å². The van der Waals surface area contributed by atoms with Crippen LogP contribution in [0.3, 0.4) is 0 Å². The molecule has 0 atom stereocenters. The summed E-state index contributed by atoms with van der Waals surface area (Å²) < 4.78 is 0. The molecule has 0 aromatic heterocycles. The van der Waals surface area contributed by atoms with Crippen LogP contribution in [0.4, 0.5) is 10.5 Å². The zero-order valence-corrected chi connectivity index (χ0v) is 24.2. The molecule has 0 saturated carbocycles. The third kappa shape index (κ3) is 10.9. The monoisotopic (exact) mass is 539 g/mol. The Morgan fingerprint density at radius 2 is 1.59 bits per heavy atom. The Balaban J connectivity index is 1.91. The second-order valence-corrected chi connectivity index (χ2v) is 10.2. The highest BCUT2D eigenvalue weighted by Crippen LogP contribution is 2.17. The fourth-order valence-electron chi connectivity index (χ4n) is 4.00. The summed E-state index contributed by atoms with van der Waals surface area (Å²) in [6.07, 6.45) is 1.79. The number of likely N-dealkylation sites (N-methyl/N-ethyl adjacent to an activating group) is 1. The number of amidine groups is 1. The highest BCUT2D eigenvalue weighted by atomic mass is 16.2. The number of hydrogen-bond acceptors (Lipinski definition) is 7. The number of carbonyl (C=O) groups excluding carboxylic acids is 2. The maximum absolute atomic E-state index is 12.8. The second kappa shape index (κ2) is 15.7. The van der Waals surface area contributed by atoms with Crippen LogP contribution < -0.4 is 27.6 Å². The summed E-state index contributed by atoms with van der Waals surface area (Å²) in [4.78, 5) is 29.6. The number of nitrogens with two attached hydrogens (primary N) is 2. The summed E-state index contributed by atoms with van der Waals surface area (Å²) in [5.74, 6) is 11.4. The zero-order valence-electron chi connectivity index (χ0n) is 24.2. The molecule has 214 valence electrons. The maximum atomic E-state index is 12.8. The Bertz CT molecular complexity index is 1130. The molecule has 0 aliphatic carbocycles. The second-order valence-electron chi connectivity index (χ2n) is 10.2. The number of nitrogens with one attached hydrogen (secondary N) is 3. The van der Waals surface area contributed by atoms with Gasteiger partial charge >= 0.3 is 6.03 Å². The van der Waals surface area contributed by atoms with Crippen molar-refractivity contribution in [2.75, 3.05) is 59.7 Å². The van der Waals surface area contributed by atoms with E-state index in [1.54, 1.807) is 25.2 Å². The molecule has 0 unspecified atom stereocenters. The van der Waals surface area contributed by atoms with E-state index in [0.717, 1.165) is 25.9 Å². The van der Waals surface area contributed by atoms with E-state index in [1.807, 2.05) is 19.0 Å². The third-order valence-corrected chi connectivity index (χ3v) is 6.29. The molecule has 0 radical (unpaired) electrons. The quantitative estimate of drug-likeness (QED) is 0.0861. The van der Waals surface area contributed by atoms with Gasteiger partial charge in [-0.05, 0) is 89.3 Å². The predicted molar refractivity (Wildman–Crippen MR) is 159 cm³/mol. The molecule has 0 heterocycles. The van der Waals surface area contributed by atoms with Gasteiger partial charge < -0.3 is 31.6 Å². The first-order chi connectivity index (χ1) is 18.5. The van der Waals surface area contributed by atoms with Gasteiger partial charge in [0.15, 0.2) is 5.84 Å². The molecule has 0 fully saturated rings. The van der Waals surface area contributed by atoms with Gasteiger partial charge in [-0.1, -0.05) is 18.2 Å². The average Bonchev–Trinajstić information content (AvgIpc) is 2.86. The van der Waals surface area contributed by atoms with E-state index in [2.05, 4.69) is 65.0 Å². The van der Waals surface area contributed by atoms with Crippen LogP contribution in [0.5, 0.6) is 0 Å². The number of carbonyl (C=O) groups is 2. The van der Waals surface area contributed by atoms with Crippen LogP contribution in [-0.4, -0.2) is 87.0 Å². The van der Waals surface area contributed by atoms with Crippen molar-refractivity contribution in [2.45, 2.75) is 33.2 Å². The van der Waals surface area contributed by atoms with Crippen molar-refractivity contribution in [1.29, 1.82) is 0 Å². The average molecular weight is 540 g/mol. The van der Waals surface area contributed by atoms with Crippen LogP contribution >= 0.6 is 0 Å². The largest absolute Gasteiger partial charge is 0.351 e. The van der Waals surface area contributed by atoms with E-state index < -0.39 is 0 Å². The van der Waals surface area contributed by atoms with Gasteiger partial charge in [-0.2, -0.15) is 5.10 Å². The van der Waals surface area contributed by atoms with Gasteiger partial charge in [0.25, 0.3) is 5.91 Å². The number of aryl methyl sites for hydroxylation is 2. The molecular formula is C28H45N9O2. The van der Waals surface area contributed by atoms with Gasteiger partial charge in [-0.25, -0.2) is 10.6 Å². The van der Waals surface area contributed by atoms with E-state index in [0.29, 0.717) is 36.4 Å². The standard InChI is InChI=1S/C28H45N9O2/c1-20-9-10-22(15-21(20)2)19-36(5)13-8-7-11-32-28(39)33-25-17-23(26(34-29)37(6)30)16-24(18-25)27(38)31-12-14-35(3)4/h9-10,15-18H,7-8,11-14,19,29-30H2,1-6H3,(H,31,38)(H2,32,33,39)/b34-26-. The fraction of sp³-hybridized carbons (Fsp3) is 0.464. The van der Waals surface area contributed by atoms with Gasteiger partial charge in [-0.15, -0.1) is 0 Å². The number of hydrazone groups is 1. The number of amides is 3. The Hall–Kier alpha value is -3.67. The highest BCUT2D eigenvalue weighted by molar-refractivity contribution is 6.04. The summed E-state index contributed by atoms with van der Waals surface area (Å²) in [6.45, 7) is 7.78. The van der Waals surface area contributed by atoms with Gasteiger partial charge in [0, 0.05) is 50.0 Å². The van der Waals surface area contributed by atoms with E-state index in [9.17, 15) is 9.59 Å². The number of nitrogens with zero attached hydrogens (tertiary/aromatic N) is 4. The van der Waals surface area contributed by atoms with E-state index >= 15 is 0 Å². The minimum atomic E-state index is -0.359. The number of hydrazine groups is 1. The van der Waals surface area contributed by atoms with Crippen molar-refractivity contribution >= 4 is 23.5 Å². The van der Waals surface area contributed by atoms with Crippen LogP contribution in [0.2, 0.25) is 0 Å². The lowest BCUT2D eigenvalue weighted by Crippen LogP contribution is -2.36. The summed E-state index contributed by atoms with van der Waals surface area (Å²) in [5.41, 5.74) is 5.20. The van der Waals surface area contributed by atoms with Crippen LogP contribution in [0, 0.1) is 13.8 Å². The topological polar surface area (TPSA) is 144 Å². The van der Waals surface area contributed by atoms with Crippen LogP contribution in [0.15, 0.2) is 41.5 Å². The number of rotatable bonds is 13. The molecule has 39 heavy (non-hydrogen) atoms. The summed E-state index contributed by atoms with van der Waals surface area (Å²) in [5, 5.41) is 13.5. The first-order valence-corrected chi connectivity index (χ1v) is 13.1. The first kappa shape index (κ1) is 31.5. The highest BCUT2D eigenvalue weighted by Gasteiger charge is 2.15. The lowest BCUT2D eigenvalue weighted by molar-refractivity contribution is 0.0951. The van der Waals surface area contributed by atoms with Crippen LogP contribution in [0.25, 0.3) is 0 Å². The normalized spacial score (nSPS) is 11.6. The predicted octanol–water partition coefficient (Wildman–Crippen LogP) is 2.05. The molecule has 0 saturated heterocycles. The SMILES string of the molecule is Cc1ccc(CN(C)CCCCNC(=O)Nc2cc(C(=O)NCCN(C)C)cc(/C(=N/N)N(C)N)c2)cc1C. The van der Waals surface area contributed by atoms with Crippen LogP contribution in [0.1, 0.15) is 45.5 Å². The van der Waals surface area contributed by atoms with Crippen molar-refractivity contribution in [1.82, 2.24) is 25.4 Å². The molecule has 2 aromatic carbocycles. The number of urea groups is 1. The van der Waals surface area contributed by atoms with E-state index in [1.165, 1.54) is 21.7 Å². The van der Waals surface area contributed by atoms with Crippen molar-refractivity contribution in [2.24, 2.45) is 16.8 Å². The number of unbranched alkanes of at least 4 members (excludes halogenated alkanes) is 1. The molecule has 11 heteroatoms. The molecule has 7 N–H and O–H groups in total. The molecule has 0 bridgehead atoms. The maximum Gasteiger partial charge on any atom is 0.319 e. The number of anilines is 1. The molecular weight excluding hydrogens is 494 g/mol. The number of benzene rings is 2. The molecule has 11 nitrogen and oxygen atoms in total. The summed E-state index contributed by atoms with van der Waals surface area (Å²) in [7, 11) is 7.56. The Morgan fingerprint density at radius 3 is 2.23 bits per heavy atom. The Kier molecular flexibility index (Phi) is 12.7. The minimum Gasteiger partial charge on any atom is -0.351 e. The Labute approximate surface area is 232 Å². The van der Waals surface area contributed by atoms with Gasteiger partial charge in [0.2, 0.25) is 0 Å². The van der Waals surface area contributed by atoms with Crippen LogP contribution in [-0.2, 0) is 6.54 Å².